The topological polar surface area (TPSA) is 0 Å². The first-order valence-electron chi connectivity index (χ1n) is 10.2. The van der Waals surface area contributed by atoms with Gasteiger partial charge in [0.25, 0.3) is 0 Å². The minimum atomic E-state index is -2.13. The van der Waals surface area contributed by atoms with E-state index in [-0.39, 0.29) is 24.8 Å². The molecular weight excluding hydrogens is 503 g/mol. The molecular formula is C26H28Cl2SiZr. The van der Waals surface area contributed by atoms with Crippen LogP contribution in [0.15, 0.2) is 102 Å². The third-order valence-corrected chi connectivity index (χ3v) is 25.9. The van der Waals surface area contributed by atoms with Crippen LogP contribution < -0.4 is 35.2 Å². The van der Waals surface area contributed by atoms with Gasteiger partial charge in [-0.15, -0.1) is 0 Å². The van der Waals surface area contributed by atoms with Gasteiger partial charge in [0.2, 0.25) is 0 Å². The molecule has 0 amide bonds. The summed E-state index contributed by atoms with van der Waals surface area (Å²) in [4.78, 5) is 0. The monoisotopic (exact) mass is 528 g/mol. The molecule has 4 rings (SSSR count). The molecule has 0 bridgehead atoms. The summed E-state index contributed by atoms with van der Waals surface area (Å²) in [5.74, 6) is 0.614. The maximum absolute atomic E-state index is 2.47. The van der Waals surface area contributed by atoms with Gasteiger partial charge >= 0.3 is 178 Å². The fraction of sp³-hybridized carbons (Fsp3) is 0.231. The van der Waals surface area contributed by atoms with Gasteiger partial charge in [-0.05, 0) is 0 Å². The standard InChI is InChI=1S/C12H10Si.C9H13.C5H5.2ClH.Zr/c1-3-7-11(8-4-1)13-12-9-5-2-6-10-12;1-6-5-7(2)9(4)8(6)3;1-2-4-5-3-1;;;/h1-10H;6H,1-4H3;1-3H,4H2;2*1H;/q;;;;;+2/p-2. The van der Waals surface area contributed by atoms with Gasteiger partial charge in [-0.25, -0.2) is 0 Å². The number of rotatable bonds is 4. The SMILES string of the molecule is CC1=C(C)C(C)[C]([Zr+2]([C]2=CC=CC2)=[Si](c2ccccc2)c2ccccc2)=C1C.[Cl-].[Cl-]. The van der Waals surface area contributed by atoms with E-state index in [9.17, 15) is 0 Å². The first kappa shape index (κ1) is 25.3. The Balaban J connectivity index is 0.00000160. The van der Waals surface area contributed by atoms with Gasteiger partial charge < -0.3 is 24.8 Å². The van der Waals surface area contributed by atoms with Gasteiger partial charge in [-0.3, -0.25) is 0 Å². The average Bonchev–Trinajstić information content (AvgIpc) is 3.33. The van der Waals surface area contributed by atoms with Crippen LogP contribution in [0, 0.1) is 5.92 Å². The van der Waals surface area contributed by atoms with E-state index >= 15 is 0 Å². The van der Waals surface area contributed by atoms with E-state index in [0.29, 0.717) is 5.92 Å². The molecule has 0 N–H and O–H groups in total. The largest absolute Gasteiger partial charge is 1.00 e. The van der Waals surface area contributed by atoms with Crippen LogP contribution in [-0.4, -0.2) is 5.43 Å². The molecule has 0 fully saturated rings. The van der Waals surface area contributed by atoms with Gasteiger partial charge in [0, 0.05) is 0 Å². The Morgan fingerprint density at radius 1 is 0.800 bits per heavy atom. The zero-order valence-electron chi connectivity index (χ0n) is 18.0. The minimum absolute atomic E-state index is 0. The minimum Gasteiger partial charge on any atom is -1.00 e. The quantitative estimate of drug-likeness (QED) is 0.469. The van der Waals surface area contributed by atoms with E-state index < -0.39 is 25.8 Å². The number of benzene rings is 2. The van der Waals surface area contributed by atoms with Crippen molar-refractivity contribution in [1.29, 1.82) is 0 Å². The normalized spacial score (nSPS) is 17.2. The van der Waals surface area contributed by atoms with Crippen molar-refractivity contribution in [3.05, 3.63) is 102 Å². The van der Waals surface area contributed by atoms with Crippen LogP contribution in [0.5, 0.6) is 0 Å². The molecule has 0 saturated carbocycles. The molecule has 2 aromatic rings. The Labute approximate surface area is 201 Å². The molecule has 0 heterocycles. The van der Waals surface area contributed by atoms with E-state index in [1.165, 1.54) is 6.42 Å². The molecule has 1 unspecified atom stereocenters. The maximum atomic E-state index is 2.47. The van der Waals surface area contributed by atoms with Crippen LogP contribution in [0.4, 0.5) is 0 Å². The zero-order chi connectivity index (χ0) is 19.7. The second-order valence-corrected chi connectivity index (χ2v) is 21.2. The Hall–Kier alpha value is -0.920. The number of allylic oxidation sites excluding steroid dienone is 8. The van der Waals surface area contributed by atoms with Crippen molar-refractivity contribution < 1.29 is 45.2 Å². The number of hydrogen-bond acceptors (Lipinski definition) is 0. The smallest absolute Gasteiger partial charge is 1.00 e. The van der Waals surface area contributed by atoms with Crippen molar-refractivity contribution >= 4 is 15.8 Å². The summed E-state index contributed by atoms with van der Waals surface area (Å²) >= 11 is -2.13. The van der Waals surface area contributed by atoms with Crippen LogP contribution in [0.2, 0.25) is 0 Å². The van der Waals surface area contributed by atoms with Crippen molar-refractivity contribution in [3.8, 4) is 0 Å². The Morgan fingerprint density at radius 3 is 1.73 bits per heavy atom. The Kier molecular flexibility index (Phi) is 9.37. The second kappa shape index (κ2) is 11.1. The van der Waals surface area contributed by atoms with E-state index in [0.717, 1.165) is 0 Å². The molecule has 0 saturated heterocycles. The number of hydrogen-bond donors (Lipinski definition) is 0. The van der Waals surface area contributed by atoms with Gasteiger partial charge in [-0.2, -0.15) is 0 Å². The Morgan fingerprint density at radius 2 is 1.33 bits per heavy atom. The first-order valence-corrected chi connectivity index (χ1v) is 17.8. The second-order valence-electron chi connectivity index (χ2n) is 7.87. The van der Waals surface area contributed by atoms with Gasteiger partial charge in [0.05, 0.1) is 0 Å². The van der Waals surface area contributed by atoms with Crippen LogP contribution in [0.25, 0.3) is 0 Å². The van der Waals surface area contributed by atoms with Crippen molar-refractivity contribution in [3.63, 3.8) is 0 Å². The van der Waals surface area contributed by atoms with E-state index in [2.05, 4.69) is 107 Å². The molecule has 0 aromatic heterocycles. The summed E-state index contributed by atoms with van der Waals surface area (Å²) in [5, 5.41) is 3.19. The molecule has 0 spiro atoms. The molecule has 4 heteroatoms. The zero-order valence-corrected chi connectivity index (χ0v) is 23.0. The fourth-order valence-corrected chi connectivity index (χ4v) is 26.9. The van der Waals surface area contributed by atoms with E-state index in [1.807, 2.05) is 3.28 Å². The van der Waals surface area contributed by atoms with Crippen LogP contribution >= 0.6 is 0 Å². The summed E-state index contributed by atoms with van der Waals surface area (Å²) in [7, 11) is 0. The molecule has 1 atom stereocenters. The predicted octanol–water partition coefficient (Wildman–Crippen LogP) is -0.478. The van der Waals surface area contributed by atoms with Gasteiger partial charge in [0.15, 0.2) is 0 Å². The Bertz CT molecular complexity index is 1020. The third-order valence-electron chi connectivity index (χ3n) is 6.38. The van der Waals surface area contributed by atoms with Crippen LogP contribution in [0.1, 0.15) is 34.1 Å². The molecule has 0 radical (unpaired) electrons. The summed E-state index contributed by atoms with van der Waals surface area (Å²) < 4.78 is 3.64. The third kappa shape index (κ3) is 4.78. The maximum Gasteiger partial charge on any atom is -1.00 e. The molecule has 2 aromatic carbocycles. The fourth-order valence-electron chi connectivity index (χ4n) is 4.53. The first-order chi connectivity index (χ1) is 13.6. The molecule has 30 heavy (non-hydrogen) atoms. The van der Waals surface area contributed by atoms with E-state index in [4.69, 9.17) is 0 Å². The average molecular weight is 531 g/mol. The van der Waals surface area contributed by atoms with Crippen LogP contribution in [-0.2, 0) is 20.4 Å². The van der Waals surface area contributed by atoms with Gasteiger partial charge in [-0.1, -0.05) is 0 Å². The molecule has 2 aliphatic rings. The van der Waals surface area contributed by atoms with Crippen molar-refractivity contribution in [2.24, 2.45) is 5.92 Å². The molecule has 0 aliphatic heterocycles. The van der Waals surface area contributed by atoms with Crippen molar-refractivity contribution in [2.45, 2.75) is 34.1 Å². The summed E-state index contributed by atoms with van der Waals surface area (Å²) in [6.07, 6.45) is 8.31. The molecule has 154 valence electrons. The number of halogens is 2. The van der Waals surface area contributed by atoms with Crippen molar-refractivity contribution in [1.82, 2.24) is 0 Å². The summed E-state index contributed by atoms with van der Waals surface area (Å²) in [5.41, 5.74) is 3.95. The predicted molar refractivity (Wildman–Crippen MR) is 120 cm³/mol. The van der Waals surface area contributed by atoms with Gasteiger partial charge in [0.1, 0.15) is 0 Å². The molecule has 2 aliphatic carbocycles. The summed E-state index contributed by atoms with van der Waals surface area (Å²) in [6, 6.07) is 22.8. The summed E-state index contributed by atoms with van der Waals surface area (Å²) in [6.45, 7) is 9.56. The van der Waals surface area contributed by atoms with Crippen molar-refractivity contribution in [2.75, 3.05) is 0 Å². The van der Waals surface area contributed by atoms with Crippen LogP contribution in [0.3, 0.4) is 0 Å². The molecule has 0 nitrogen and oxygen atoms in total. The van der Waals surface area contributed by atoms with E-state index in [1.54, 1.807) is 30.4 Å².